The summed E-state index contributed by atoms with van der Waals surface area (Å²) >= 11 is 0. The van der Waals surface area contributed by atoms with Crippen molar-refractivity contribution in [2.24, 2.45) is 0 Å². The van der Waals surface area contributed by atoms with Crippen molar-refractivity contribution < 1.29 is 4.90 Å². The molecule has 13 heavy (non-hydrogen) atoms. The van der Waals surface area contributed by atoms with Gasteiger partial charge in [-0.1, -0.05) is 12.1 Å². The van der Waals surface area contributed by atoms with Crippen LogP contribution in [0.2, 0.25) is 0 Å². The molecule has 0 saturated carbocycles. The summed E-state index contributed by atoms with van der Waals surface area (Å²) in [6.45, 7) is 7.85. The third-order valence-corrected chi connectivity index (χ3v) is 2.41. The predicted molar refractivity (Wildman–Crippen MR) is 56.6 cm³/mol. The third-order valence-electron chi connectivity index (χ3n) is 2.41. The van der Waals surface area contributed by atoms with Crippen molar-refractivity contribution in [1.82, 2.24) is 0 Å². The summed E-state index contributed by atoms with van der Waals surface area (Å²) in [6.07, 6.45) is 0. The summed E-state index contributed by atoms with van der Waals surface area (Å²) in [5, 5.41) is 0. The first-order chi connectivity index (χ1) is 6.26. The Hall–Kier alpha value is -1.02. The van der Waals surface area contributed by atoms with Gasteiger partial charge in [0.1, 0.15) is 6.54 Å². The van der Waals surface area contributed by atoms with Gasteiger partial charge in [0.2, 0.25) is 0 Å². The zero-order chi connectivity index (χ0) is 9.68. The van der Waals surface area contributed by atoms with E-state index in [0.29, 0.717) is 0 Å². The topological polar surface area (TPSA) is 30.5 Å². The lowest BCUT2D eigenvalue weighted by molar-refractivity contribution is -0.910. The van der Waals surface area contributed by atoms with Crippen LogP contribution in [0.15, 0.2) is 24.3 Å². The highest BCUT2D eigenvalue weighted by Crippen LogP contribution is 2.04. The number of rotatable bonds is 4. The average molecular weight is 179 g/mol. The molecule has 0 aromatic heterocycles. The van der Waals surface area contributed by atoms with Gasteiger partial charge in [0, 0.05) is 11.3 Å². The molecule has 0 fully saturated rings. The summed E-state index contributed by atoms with van der Waals surface area (Å²) in [5.41, 5.74) is 7.90. The van der Waals surface area contributed by atoms with E-state index in [2.05, 4.69) is 26.0 Å². The van der Waals surface area contributed by atoms with E-state index in [9.17, 15) is 0 Å². The van der Waals surface area contributed by atoms with Crippen LogP contribution in [0.3, 0.4) is 0 Å². The minimum Gasteiger partial charge on any atom is -0.399 e. The highest BCUT2D eigenvalue weighted by atomic mass is 15.1. The van der Waals surface area contributed by atoms with Crippen molar-refractivity contribution in [2.45, 2.75) is 20.4 Å². The second-order valence-electron chi connectivity index (χ2n) is 3.38. The fourth-order valence-corrected chi connectivity index (χ4v) is 1.49. The molecule has 0 radical (unpaired) electrons. The highest BCUT2D eigenvalue weighted by molar-refractivity contribution is 5.40. The smallest absolute Gasteiger partial charge is 0.103 e. The molecule has 0 unspecified atom stereocenters. The molecule has 0 aliphatic rings. The molecule has 0 aliphatic carbocycles. The van der Waals surface area contributed by atoms with Crippen LogP contribution in [0.1, 0.15) is 19.4 Å². The van der Waals surface area contributed by atoms with Crippen LogP contribution in [0.4, 0.5) is 5.69 Å². The standard InChI is InChI=1S/C11H18N2/c1-3-13(4-2)9-10-6-5-7-11(12)8-10/h5-8H,3-4,9,12H2,1-2H3/p+1. The molecule has 0 bridgehead atoms. The number of hydrogen-bond donors (Lipinski definition) is 2. The summed E-state index contributed by atoms with van der Waals surface area (Å²) in [6, 6.07) is 8.15. The summed E-state index contributed by atoms with van der Waals surface area (Å²) < 4.78 is 0. The molecule has 1 rings (SSSR count). The molecule has 2 heteroatoms. The lowest BCUT2D eigenvalue weighted by atomic mass is 10.2. The Morgan fingerprint density at radius 1 is 1.23 bits per heavy atom. The molecule has 0 amide bonds. The quantitative estimate of drug-likeness (QED) is 0.655. The van der Waals surface area contributed by atoms with E-state index >= 15 is 0 Å². The maximum atomic E-state index is 5.71. The van der Waals surface area contributed by atoms with Gasteiger partial charge in [0.15, 0.2) is 0 Å². The molecule has 0 atom stereocenters. The largest absolute Gasteiger partial charge is 0.399 e. The van der Waals surface area contributed by atoms with Gasteiger partial charge in [0.05, 0.1) is 13.1 Å². The Bertz CT molecular complexity index is 254. The number of anilines is 1. The number of nitrogens with two attached hydrogens (primary N) is 1. The van der Waals surface area contributed by atoms with Gasteiger partial charge >= 0.3 is 0 Å². The second-order valence-corrected chi connectivity index (χ2v) is 3.38. The van der Waals surface area contributed by atoms with E-state index in [1.807, 2.05) is 12.1 Å². The van der Waals surface area contributed by atoms with Gasteiger partial charge < -0.3 is 10.6 Å². The average Bonchev–Trinajstić information content (AvgIpc) is 2.14. The van der Waals surface area contributed by atoms with Gasteiger partial charge in [0.25, 0.3) is 0 Å². The van der Waals surface area contributed by atoms with Gasteiger partial charge in [-0.05, 0) is 26.0 Å². The Kier molecular flexibility index (Phi) is 3.77. The minimum atomic E-state index is 0.865. The number of benzene rings is 1. The summed E-state index contributed by atoms with van der Waals surface area (Å²) in [5.74, 6) is 0. The normalized spacial score (nSPS) is 10.7. The van der Waals surface area contributed by atoms with E-state index in [1.54, 1.807) is 4.90 Å². The first kappa shape index (κ1) is 10.1. The lowest BCUT2D eigenvalue weighted by Crippen LogP contribution is -3.10. The van der Waals surface area contributed by atoms with Crippen LogP contribution < -0.4 is 10.6 Å². The minimum absolute atomic E-state index is 0.865. The SMILES string of the molecule is CC[NH+](CC)Cc1cccc(N)c1. The number of nitrogens with one attached hydrogen (secondary N) is 1. The lowest BCUT2D eigenvalue weighted by Gasteiger charge is -2.15. The molecule has 1 aromatic carbocycles. The first-order valence-corrected chi connectivity index (χ1v) is 4.94. The zero-order valence-electron chi connectivity index (χ0n) is 8.51. The van der Waals surface area contributed by atoms with Crippen LogP contribution in [-0.2, 0) is 6.54 Å². The number of nitrogen functional groups attached to an aromatic ring is 1. The molecule has 0 saturated heterocycles. The van der Waals surface area contributed by atoms with E-state index in [0.717, 1.165) is 12.2 Å². The van der Waals surface area contributed by atoms with Crippen molar-refractivity contribution >= 4 is 5.69 Å². The van der Waals surface area contributed by atoms with E-state index in [-0.39, 0.29) is 0 Å². The fraction of sp³-hybridized carbons (Fsp3) is 0.455. The third kappa shape index (κ3) is 3.07. The second kappa shape index (κ2) is 4.87. The van der Waals surface area contributed by atoms with Crippen LogP contribution in [0.5, 0.6) is 0 Å². The molecular weight excluding hydrogens is 160 g/mol. The Morgan fingerprint density at radius 2 is 1.92 bits per heavy atom. The monoisotopic (exact) mass is 179 g/mol. The van der Waals surface area contributed by atoms with E-state index in [1.165, 1.54) is 18.7 Å². The van der Waals surface area contributed by atoms with Crippen molar-refractivity contribution in [3.8, 4) is 0 Å². The van der Waals surface area contributed by atoms with E-state index < -0.39 is 0 Å². The van der Waals surface area contributed by atoms with Crippen molar-refractivity contribution in [3.05, 3.63) is 29.8 Å². The maximum absolute atomic E-state index is 5.71. The Balaban J connectivity index is 2.62. The molecule has 0 spiro atoms. The van der Waals surface area contributed by atoms with Crippen LogP contribution in [0.25, 0.3) is 0 Å². The molecule has 3 N–H and O–H groups in total. The van der Waals surface area contributed by atoms with Crippen molar-refractivity contribution in [2.75, 3.05) is 18.8 Å². The van der Waals surface area contributed by atoms with E-state index in [4.69, 9.17) is 5.73 Å². The van der Waals surface area contributed by atoms with Gasteiger partial charge in [-0.2, -0.15) is 0 Å². The number of quaternary nitrogens is 1. The highest BCUT2D eigenvalue weighted by Gasteiger charge is 2.03. The van der Waals surface area contributed by atoms with Gasteiger partial charge in [-0.3, -0.25) is 0 Å². The van der Waals surface area contributed by atoms with Crippen molar-refractivity contribution in [1.29, 1.82) is 0 Å². The van der Waals surface area contributed by atoms with Gasteiger partial charge in [-0.25, -0.2) is 0 Å². The molecule has 2 nitrogen and oxygen atoms in total. The van der Waals surface area contributed by atoms with Crippen LogP contribution in [0, 0.1) is 0 Å². The molecule has 72 valence electrons. The Labute approximate surface area is 80.4 Å². The Morgan fingerprint density at radius 3 is 2.46 bits per heavy atom. The fourth-order valence-electron chi connectivity index (χ4n) is 1.49. The maximum Gasteiger partial charge on any atom is 0.103 e. The first-order valence-electron chi connectivity index (χ1n) is 4.94. The summed E-state index contributed by atoms with van der Waals surface area (Å²) in [7, 11) is 0. The van der Waals surface area contributed by atoms with Crippen LogP contribution >= 0.6 is 0 Å². The molecule has 1 aromatic rings. The summed E-state index contributed by atoms with van der Waals surface area (Å²) in [4.78, 5) is 1.59. The zero-order valence-corrected chi connectivity index (χ0v) is 8.51. The number of hydrogen-bond acceptors (Lipinski definition) is 1. The predicted octanol–water partition coefficient (Wildman–Crippen LogP) is 0.693. The van der Waals surface area contributed by atoms with Crippen molar-refractivity contribution in [3.63, 3.8) is 0 Å². The molecular formula is C11H19N2+. The molecule has 0 aliphatic heterocycles. The van der Waals surface area contributed by atoms with Gasteiger partial charge in [-0.15, -0.1) is 0 Å². The van der Waals surface area contributed by atoms with Crippen LogP contribution in [-0.4, -0.2) is 13.1 Å². The molecule has 0 heterocycles.